The number of nitrogens with zero attached hydrogens (tertiary/aromatic N) is 1. The second kappa shape index (κ2) is 4.20. The zero-order chi connectivity index (χ0) is 9.26. The van der Waals surface area contributed by atoms with E-state index in [4.69, 9.17) is 0 Å². The molecule has 0 amide bonds. The maximum atomic E-state index is 3.45. The van der Waals surface area contributed by atoms with Crippen molar-refractivity contribution >= 4 is 11.8 Å². The Kier molecular flexibility index (Phi) is 3.17. The minimum absolute atomic E-state index is 0.823. The van der Waals surface area contributed by atoms with E-state index < -0.39 is 0 Å². The van der Waals surface area contributed by atoms with Crippen LogP contribution < -0.4 is 5.32 Å². The van der Waals surface area contributed by atoms with Crippen LogP contribution in [0.5, 0.6) is 0 Å². The summed E-state index contributed by atoms with van der Waals surface area (Å²) in [5.74, 6) is 0. The SMILES string of the molecule is CC1CN(C2CCNC2)CC(C)S1. The quantitative estimate of drug-likeness (QED) is 0.684. The van der Waals surface area contributed by atoms with Gasteiger partial charge in [-0.25, -0.2) is 0 Å². The molecule has 2 nitrogen and oxygen atoms in total. The molecule has 2 aliphatic heterocycles. The first-order chi connectivity index (χ1) is 6.25. The van der Waals surface area contributed by atoms with E-state index in [9.17, 15) is 0 Å². The average molecular weight is 200 g/mol. The van der Waals surface area contributed by atoms with Crippen molar-refractivity contribution in [2.24, 2.45) is 0 Å². The van der Waals surface area contributed by atoms with Gasteiger partial charge in [0.15, 0.2) is 0 Å². The molecule has 76 valence electrons. The number of hydrogen-bond acceptors (Lipinski definition) is 3. The summed E-state index contributed by atoms with van der Waals surface area (Å²) in [5.41, 5.74) is 0. The summed E-state index contributed by atoms with van der Waals surface area (Å²) >= 11 is 2.14. The lowest BCUT2D eigenvalue weighted by Gasteiger charge is -2.38. The highest BCUT2D eigenvalue weighted by atomic mass is 32.2. The second-order valence-electron chi connectivity index (χ2n) is 4.36. The van der Waals surface area contributed by atoms with Crippen molar-refractivity contribution in [2.45, 2.75) is 36.8 Å². The van der Waals surface area contributed by atoms with Gasteiger partial charge in [0.25, 0.3) is 0 Å². The van der Waals surface area contributed by atoms with Gasteiger partial charge in [-0.1, -0.05) is 13.8 Å². The van der Waals surface area contributed by atoms with Crippen molar-refractivity contribution in [3.05, 3.63) is 0 Å². The molecule has 0 saturated carbocycles. The molecular weight excluding hydrogens is 180 g/mol. The molecule has 3 unspecified atom stereocenters. The lowest BCUT2D eigenvalue weighted by molar-refractivity contribution is 0.206. The molecule has 0 aromatic rings. The van der Waals surface area contributed by atoms with Gasteiger partial charge in [-0.05, 0) is 13.0 Å². The van der Waals surface area contributed by atoms with Gasteiger partial charge in [-0.15, -0.1) is 0 Å². The molecule has 1 N–H and O–H groups in total. The van der Waals surface area contributed by atoms with Gasteiger partial charge in [0.05, 0.1) is 0 Å². The number of thioether (sulfide) groups is 1. The van der Waals surface area contributed by atoms with Crippen LogP contribution in [0.2, 0.25) is 0 Å². The molecule has 2 aliphatic rings. The monoisotopic (exact) mass is 200 g/mol. The molecule has 0 aliphatic carbocycles. The summed E-state index contributed by atoms with van der Waals surface area (Å²) in [7, 11) is 0. The van der Waals surface area contributed by atoms with Crippen LogP contribution in [-0.2, 0) is 0 Å². The topological polar surface area (TPSA) is 15.3 Å². The molecule has 2 rings (SSSR count). The summed E-state index contributed by atoms with van der Waals surface area (Å²) in [6.07, 6.45) is 1.35. The molecule has 0 aromatic carbocycles. The molecule has 0 spiro atoms. The summed E-state index contributed by atoms with van der Waals surface area (Å²) in [6.45, 7) is 9.73. The van der Waals surface area contributed by atoms with Gasteiger partial charge in [0.1, 0.15) is 0 Å². The Bertz CT molecular complexity index is 158. The highest BCUT2D eigenvalue weighted by Crippen LogP contribution is 2.26. The minimum Gasteiger partial charge on any atom is -0.315 e. The molecular formula is C10H20N2S. The van der Waals surface area contributed by atoms with Crippen LogP contribution in [0.1, 0.15) is 20.3 Å². The number of nitrogens with one attached hydrogen (secondary N) is 1. The molecule has 2 fully saturated rings. The molecule has 2 heterocycles. The van der Waals surface area contributed by atoms with Gasteiger partial charge in [-0.2, -0.15) is 11.8 Å². The number of rotatable bonds is 1. The fourth-order valence-electron chi connectivity index (χ4n) is 2.47. The van der Waals surface area contributed by atoms with Crippen molar-refractivity contribution in [1.82, 2.24) is 10.2 Å². The highest BCUT2D eigenvalue weighted by molar-refractivity contribution is 8.00. The molecule has 2 saturated heterocycles. The van der Waals surface area contributed by atoms with Gasteiger partial charge in [-0.3, -0.25) is 4.90 Å². The van der Waals surface area contributed by atoms with E-state index in [1.54, 1.807) is 0 Å². The number of hydrogen-bond donors (Lipinski definition) is 1. The molecule has 13 heavy (non-hydrogen) atoms. The van der Waals surface area contributed by atoms with Crippen LogP contribution in [0.25, 0.3) is 0 Å². The molecule has 0 bridgehead atoms. The van der Waals surface area contributed by atoms with Gasteiger partial charge >= 0.3 is 0 Å². The van der Waals surface area contributed by atoms with Crippen molar-refractivity contribution in [2.75, 3.05) is 26.2 Å². The van der Waals surface area contributed by atoms with E-state index in [0.29, 0.717) is 0 Å². The smallest absolute Gasteiger partial charge is 0.0233 e. The largest absolute Gasteiger partial charge is 0.315 e. The van der Waals surface area contributed by atoms with Gasteiger partial charge < -0.3 is 5.32 Å². The Morgan fingerprint density at radius 1 is 1.23 bits per heavy atom. The predicted molar refractivity (Wildman–Crippen MR) is 59.4 cm³/mol. The summed E-state index contributed by atoms with van der Waals surface area (Å²) in [4.78, 5) is 2.69. The first-order valence-electron chi connectivity index (χ1n) is 5.36. The van der Waals surface area contributed by atoms with E-state index in [-0.39, 0.29) is 0 Å². The van der Waals surface area contributed by atoms with E-state index in [0.717, 1.165) is 16.5 Å². The molecule has 0 radical (unpaired) electrons. The van der Waals surface area contributed by atoms with Crippen LogP contribution in [0, 0.1) is 0 Å². The fraction of sp³-hybridized carbons (Fsp3) is 1.00. The lowest BCUT2D eigenvalue weighted by Crippen LogP contribution is -2.47. The molecule has 3 atom stereocenters. The highest BCUT2D eigenvalue weighted by Gasteiger charge is 2.29. The Hall–Kier alpha value is 0.270. The third-order valence-electron chi connectivity index (χ3n) is 3.00. The first-order valence-corrected chi connectivity index (χ1v) is 6.30. The normalized spacial score (nSPS) is 42.5. The van der Waals surface area contributed by atoms with Crippen molar-refractivity contribution in [3.63, 3.8) is 0 Å². The third-order valence-corrected chi connectivity index (χ3v) is 4.23. The van der Waals surface area contributed by atoms with Crippen molar-refractivity contribution < 1.29 is 0 Å². The second-order valence-corrected chi connectivity index (χ2v) is 6.24. The predicted octanol–water partition coefficient (Wildman–Crippen LogP) is 1.17. The summed E-state index contributed by atoms with van der Waals surface area (Å²) in [6, 6.07) is 0.825. The van der Waals surface area contributed by atoms with Crippen LogP contribution in [0.3, 0.4) is 0 Å². The first kappa shape index (κ1) is 9.81. The standard InChI is InChI=1S/C10H20N2S/c1-8-6-12(7-9(2)13-8)10-3-4-11-5-10/h8-11H,3-7H2,1-2H3. The van der Waals surface area contributed by atoms with Crippen LogP contribution in [0.4, 0.5) is 0 Å². The van der Waals surface area contributed by atoms with Gasteiger partial charge in [0.2, 0.25) is 0 Å². The van der Waals surface area contributed by atoms with E-state index in [2.05, 4.69) is 35.8 Å². The van der Waals surface area contributed by atoms with Crippen molar-refractivity contribution in [1.29, 1.82) is 0 Å². The van der Waals surface area contributed by atoms with Gasteiger partial charge in [0, 0.05) is 36.2 Å². The van der Waals surface area contributed by atoms with E-state index in [1.165, 1.54) is 32.6 Å². The zero-order valence-corrected chi connectivity index (χ0v) is 9.44. The van der Waals surface area contributed by atoms with Crippen LogP contribution in [-0.4, -0.2) is 47.6 Å². The fourth-order valence-corrected chi connectivity index (χ4v) is 3.82. The summed E-state index contributed by atoms with van der Waals surface area (Å²) in [5, 5.41) is 5.10. The maximum absolute atomic E-state index is 3.45. The Balaban J connectivity index is 1.90. The maximum Gasteiger partial charge on any atom is 0.0233 e. The third kappa shape index (κ3) is 2.39. The Morgan fingerprint density at radius 3 is 2.46 bits per heavy atom. The molecule has 0 aromatic heterocycles. The van der Waals surface area contributed by atoms with Crippen LogP contribution in [0.15, 0.2) is 0 Å². The Morgan fingerprint density at radius 2 is 1.92 bits per heavy atom. The summed E-state index contributed by atoms with van der Waals surface area (Å²) < 4.78 is 0. The van der Waals surface area contributed by atoms with Crippen molar-refractivity contribution in [3.8, 4) is 0 Å². The minimum atomic E-state index is 0.823. The average Bonchev–Trinajstić information content (AvgIpc) is 2.53. The lowest BCUT2D eigenvalue weighted by atomic mass is 10.2. The van der Waals surface area contributed by atoms with Crippen LogP contribution >= 0.6 is 11.8 Å². The molecule has 3 heteroatoms. The van der Waals surface area contributed by atoms with E-state index >= 15 is 0 Å². The Labute approximate surface area is 85.4 Å². The van der Waals surface area contributed by atoms with E-state index in [1.807, 2.05) is 0 Å². The zero-order valence-electron chi connectivity index (χ0n) is 8.62.